The highest BCUT2D eigenvalue weighted by Crippen LogP contribution is 2.20. The van der Waals surface area contributed by atoms with Crippen molar-refractivity contribution >= 4 is 23.3 Å². The molecule has 142 valence electrons. The molecule has 4 rings (SSSR count). The van der Waals surface area contributed by atoms with E-state index in [0.717, 1.165) is 18.5 Å². The molecule has 1 aromatic heterocycles. The molecule has 0 aliphatic heterocycles. The third kappa shape index (κ3) is 4.01. The maximum atomic E-state index is 12.2. The Hall–Kier alpha value is -3.68. The first kappa shape index (κ1) is 17.7. The zero-order valence-corrected chi connectivity index (χ0v) is 15.3. The number of rotatable bonds is 5. The van der Waals surface area contributed by atoms with Gasteiger partial charge in [-0.2, -0.15) is 0 Å². The molecule has 2 aromatic carbocycles. The minimum Gasteiger partial charge on any atom is -0.348 e. The van der Waals surface area contributed by atoms with Crippen LogP contribution in [0.4, 0.5) is 16.2 Å². The molecule has 1 aliphatic carbocycles. The molecule has 8 heteroatoms. The van der Waals surface area contributed by atoms with Gasteiger partial charge in [0.2, 0.25) is 0 Å². The number of aromatic nitrogens is 3. The highest BCUT2D eigenvalue weighted by Gasteiger charge is 2.26. The van der Waals surface area contributed by atoms with E-state index in [1.807, 2.05) is 42.5 Å². The molecule has 0 bridgehead atoms. The molecule has 1 aliphatic rings. The summed E-state index contributed by atoms with van der Waals surface area (Å²) in [6.45, 7) is 1.81. The van der Waals surface area contributed by atoms with E-state index < -0.39 is 0 Å². The summed E-state index contributed by atoms with van der Waals surface area (Å²) in [5, 5.41) is 16.6. The molecule has 3 amide bonds. The van der Waals surface area contributed by atoms with Crippen LogP contribution in [0.15, 0.2) is 54.6 Å². The largest absolute Gasteiger partial charge is 0.348 e. The number of para-hydroxylation sites is 1. The monoisotopic (exact) mass is 376 g/mol. The summed E-state index contributed by atoms with van der Waals surface area (Å²) in [5.74, 6) is -0.192. The van der Waals surface area contributed by atoms with Crippen LogP contribution in [-0.4, -0.2) is 33.0 Å². The minimum absolute atomic E-state index is 0.192. The second-order valence-electron chi connectivity index (χ2n) is 6.68. The van der Waals surface area contributed by atoms with Gasteiger partial charge in [-0.1, -0.05) is 23.4 Å². The van der Waals surface area contributed by atoms with Crippen molar-refractivity contribution in [3.63, 3.8) is 0 Å². The quantitative estimate of drug-likeness (QED) is 0.637. The first-order valence-electron chi connectivity index (χ1n) is 9.07. The van der Waals surface area contributed by atoms with E-state index >= 15 is 0 Å². The van der Waals surface area contributed by atoms with Gasteiger partial charge in [0.15, 0.2) is 5.69 Å². The maximum absolute atomic E-state index is 12.2. The molecule has 0 spiro atoms. The number of hydrogen-bond donors (Lipinski definition) is 3. The van der Waals surface area contributed by atoms with Crippen LogP contribution in [-0.2, 0) is 0 Å². The number of carbonyl (C=O) groups excluding carboxylic acids is 2. The van der Waals surface area contributed by atoms with Gasteiger partial charge in [-0.05, 0) is 56.2 Å². The van der Waals surface area contributed by atoms with E-state index in [1.165, 1.54) is 0 Å². The van der Waals surface area contributed by atoms with Crippen molar-refractivity contribution in [3.8, 4) is 5.69 Å². The van der Waals surface area contributed by atoms with Crippen LogP contribution in [0.25, 0.3) is 5.69 Å². The van der Waals surface area contributed by atoms with Crippen molar-refractivity contribution in [1.82, 2.24) is 20.3 Å². The second-order valence-corrected chi connectivity index (χ2v) is 6.68. The van der Waals surface area contributed by atoms with Gasteiger partial charge in [-0.15, -0.1) is 5.10 Å². The highest BCUT2D eigenvalue weighted by molar-refractivity contribution is 5.99. The Morgan fingerprint density at radius 3 is 2.25 bits per heavy atom. The number of nitrogens with one attached hydrogen (secondary N) is 3. The SMILES string of the molecule is Cc1c(C(=O)NC2CC2)nnn1-c1ccc(NC(=O)Nc2ccccc2)cc1. The number of anilines is 2. The molecule has 1 saturated carbocycles. The zero-order valence-electron chi connectivity index (χ0n) is 15.3. The average Bonchev–Trinajstić information content (AvgIpc) is 3.42. The lowest BCUT2D eigenvalue weighted by atomic mass is 10.2. The summed E-state index contributed by atoms with van der Waals surface area (Å²) in [5.41, 5.74) is 3.11. The van der Waals surface area contributed by atoms with Crippen LogP contribution in [0.5, 0.6) is 0 Å². The summed E-state index contributed by atoms with van der Waals surface area (Å²) >= 11 is 0. The van der Waals surface area contributed by atoms with Gasteiger partial charge in [-0.25, -0.2) is 9.48 Å². The third-order valence-corrected chi connectivity index (χ3v) is 4.42. The maximum Gasteiger partial charge on any atom is 0.323 e. The summed E-state index contributed by atoms with van der Waals surface area (Å²) in [7, 11) is 0. The van der Waals surface area contributed by atoms with Crippen LogP contribution in [0.1, 0.15) is 29.0 Å². The Morgan fingerprint density at radius 2 is 1.61 bits per heavy atom. The normalized spacial score (nSPS) is 13.0. The van der Waals surface area contributed by atoms with Gasteiger partial charge in [-0.3, -0.25) is 4.79 Å². The summed E-state index contributed by atoms with van der Waals surface area (Å²) in [6.07, 6.45) is 2.04. The standard InChI is InChI=1S/C20H20N6O2/c1-13-18(19(27)21-15-7-8-15)24-25-26(13)17-11-9-16(10-12-17)23-20(28)22-14-5-3-2-4-6-14/h2-6,9-12,15H,7-8H2,1H3,(H,21,27)(H2,22,23,28). The van der Waals surface area contributed by atoms with Crippen LogP contribution in [0.3, 0.4) is 0 Å². The lowest BCUT2D eigenvalue weighted by Gasteiger charge is -2.09. The molecule has 0 atom stereocenters. The third-order valence-electron chi connectivity index (χ3n) is 4.42. The van der Waals surface area contributed by atoms with E-state index in [9.17, 15) is 9.59 Å². The number of urea groups is 1. The van der Waals surface area contributed by atoms with Gasteiger partial charge in [0.05, 0.1) is 11.4 Å². The van der Waals surface area contributed by atoms with Gasteiger partial charge in [0.1, 0.15) is 0 Å². The molecule has 28 heavy (non-hydrogen) atoms. The molecule has 0 saturated heterocycles. The van der Waals surface area contributed by atoms with E-state index in [4.69, 9.17) is 0 Å². The van der Waals surface area contributed by atoms with Crippen molar-refractivity contribution in [1.29, 1.82) is 0 Å². The lowest BCUT2D eigenvalue weighted by Crippen LogP contribution is -2.26. The molecule has 1 heterocycles. The zero-order chi connectivity index (χ0) is 19.5. The molecule has 8 nitrogen and oxygen atoms in total. The van der Waals surface area contributed by atoms with Gasteiger partial charge >= 0.3 is 6.03 Å². The fraction of sp³-hybridized carbons (Fsp3) is 0.200. The van der Waals surface area contributed by atoms with Crippen molar-refractivity contribution in [2.45, 2.75) is 25.8 Å². The lowest BCUT2D eigenvalue weighted by molar-refractivity contribution is 0.0945. The molecule has 0 unspecified atom stereocenters. The van der Waals surface area contributed by atoms with Crippen molar-refractivity contribution in [2.75, 3.05) is 10.6 Å². The second kappa shape index (κ2) is 7.51. The van der Waals surface area contributed by atoms with E-state index in [2.05, 4.69) is 26.3 Å². The summed E-state index contributed by atoms with van der Waals surface area (Å²) < 4.78 is 1.61. The number of hydrogen-bond acceptors (Lipinski definition) is 4. The highest BCUT2D eigenvalue weighted by atomic mass is 16.2. The molecule has 0 radical (unpaired) electrons. The topological polar surface area (TPSA) is 101 Å². The van der Waals surface area contributed by atoms with E-state index in [0.29, 0.717) is 22.8 Å². The van der Waals surface area contributed by atoms with Crippen LogP contribution >= 0.6 is 0 Å². The number of benzene rings is 2. The fourth-order valence-electron chi connectivity index (χ4n) is 2.77. The Bertz CT molecular complexity index is 993. The average molecular weight is 376 g/mol. The Labute approximate surface area is 161 Å². The first-order valence-corrected chi connectivity index (χ1v) is 9.07. The van der Waals surface area contributed by atoms with Crippen LogP contribution < -0.4 is 16.0 Å². The Morgan fingerprint density at radius 1 is 0.964 bits per heavy atom. The van der Waals surface area contributed by atoms with Gasteiger partial charge in [0, 0.05) is 17.4 Å². The van der Waals surface area contributed by atoms with Gasteiger partial charge in [0.25, 0.3) is 5.91 Å². The van der Waals surface area contributed by atoms with E-state index in [-0.39, 0.29) is 18.0 Å². The van der Waals surface area contributed by atoms with E-state index in [1.54, 1.807) is 23.7 Å². The van der Waals surface area contributed by atoms with Crippen LogP contribution in [0, 0.1) is 6.92 Å². The molecule has 1 fully saturated rings. The molecule has 3 N–H and O–H groups in total. The predicted molar refractivity (Wildman–Crippen MR) is 106 cm³/mol. The van der Waals surface area contributed by atoms with Crippen molar-refractivity contribution in [3.05, 3.63) is 66.0 Å². The van der Waals surface area contributed by atoms with Crippen LogP contribution in [0.2, 0.25) is 0 Å². The fourth-order valence-corrected chi connectivity index (χ4v) is 2.77. The number of carbonyl (C=O) groups is 2. The summed E-state index contributed by atoms with van der Waals surface area (Å²) in [4.78, 5) is 24.3. The molecular formula is C20H20N6O2. The van der Waals surface area contributed by atoms with Crippen molar-refractivity contribution < 1.29 is 9.59 Å². The first-order chi connectivity index (χ1) is 13.6. The minimum atomic E-state index is -0.324. The molecule has 3 aromatic rings. The number of amides is 3. The number of nitrogens with zero attached hydrogens (tertiary/aromatic N) is 3. The Kier molecular flexibility index (Phi) is 4.76. The van der Waals surface area contributed by atoms with Gasteiger partial charge < -0.3 is 16.0 Å². The predicted octanol–water partition coefficient (Wildman–Crippen LogP) is 3.11. The molecular weight excluding hydrogens is 356 g/mol. The smallest absolute Gasteiger partial charge is 0.323 e. The van der Waals surface area contributed by atoms with Crippen molar-refractivity contribution in [2.24, 2.45) is 0 Å². The summed E-state index contributed by atoms with van der Waals surface area (Å²) in [6, 6.07) is 16.3. The Balaban J connectivity index is 1.42.